The molecule has 3 N–H and O–H groups in total. The van der Waals surface area contributed by atoms with Gasteiger partial charge in [-0.15, -0.1) is 5.10 Å². The molecule has 0 saturated carbocycles. The summed E-state index contributed by atoms with van der Waals surface area (Å²) in [6, 6.07) is 24.5. The zero-order chi connectivity index (χ0) is 27.0. The molecule has 1 amide bonds. The van der Waals surface area contributed by atoms with E-state index >= 15 is 0 Å². The molecule has 0 aliphatic carbocycles. The van der Waals surface area contributed by atoms with E-state index in [2.05, 4.69) is 43.2 Å². The Bertz CT molecular complexity index is 1570. The maximum Gasteiger partial charge on any atom is 0.244 e. The van der Waals surface area contributed by atoms with Gasteiger partial charge in [-0.1, -0.05) is 54.1 Å². The summed E-state index contributed by atoms with van der Waals surface area (Å²) in [4.78, 5) is 13.1. The van der Waals surface area contributed by atoms with Gasteiger partial charge in [0.05, 0.1) is 23.6 Å². The Hall–Kier alpha value is -4.89. The first-order chi connectivity index (χ1) is 19.0. The third-order valence-corrected chi connectivity index (χ3v) is 6.39. The van der Waals surface area contributed by atoms with Crippen molar-refractivity contribution in [2.75, 3.05) is 5.73 Å². The first kappa shape index (κ1) is 25.7. The maximum absolute atomic E-state index is 13.1. The molecule has 0 aliphatic rings. The van der Waals surface area contributed by atoms with Crippen molar-refractivity contribution in [3.63, 3.8) is 0 Å². The van der Waals surface area contributed by atoms with E-state index in [1.807, 2.05) is 48.5 Å². The van der Waals surface area contributed by atoms with Crippen LogP contribution < -0.4 is 11.1 Å². The van der Waals surface area contributed by atoms with Gasteiger partial charge in [-0.3, -0.25) is 4.79 Å². The van der Waals surface area contributed by atoms with Gasteiger partial charge in [0.1, 0.15) is 6.33 Å². The van der Waals surface area contributed by atoms with Crippen molar-refractivity contribution in [1.82, 2.24) is 35.7 Å². The molecule has 194 valence electrons. The zero-order valence-corrected chi connectivity index (χ0v) is 21.6. The molecular weight excluding hydrogens is 512 g/mol. The number of rotatable bonds is 9. The minimum absolute atomic E-state index is 0.282. The summed E-state index contributed by atoms with van der Waals surface area (Å²) in [6.45, 7) is 0. The van der Waals surface area contributed by atoms with E-state index in [-0.39, 0.29) is 11.9 Å². The van der Waals surface area contributed by atoms with Crippen LogP contribution in [-0.2, 0) is 11.2 Å². The van der Waals surface area contributed by atoms with E-state index in [9.17, 15) is 4.79 Å². The van der Waals surface area contributed by atoms with Crippen molar-refractivity contribution >= 4 is 29.3 Å². The van der Waals surface area contributed by atoms with Crippen molar-refractivity contribution in [3.05, 3.63) is 119 Å². The Kier molecular flexibility index (Phi) is 7.99. The van der Waals surface area contributed by atoms with E-state index in [1.165, 1.54) is 22.6 Å². The van der Waals surface area contributed by atoms with Crippen LogP contribution in [0.4, 0.5) is 5.69 Å². The van der Waals surface area contributed by atoms with Crippen molar-refractivity contribution in [2.45, 2.75) is 18.9 Å². The van der Waals surface area contributed by atoms with Gasteiger partial charge in [-0.2, -0.15) is 14.9 Å². The fourth-order valence-electron chi connectivity index (χ4n) is 4.16. The van der Waals surface area contributed by atoms with Gasteiger partial charge in [0.15, 0.2) is 0 Å². The molecule has 9 nitrogen and oxygen atoms in total. The number of carbonyl (C=O) groups is 1. The Labute approximate surface area is 230 Å². The van der Waals surface area contributed by atoms with E-state index in [1.54, 1.807) is 30.5 Å². The SMILES string of the molecule is Nc1ccc(-c2cnnc([C@H](CCc3ccccc3)NC(=O)/C=C/c3cc(Cl)ccc3-n3cnnn3)c2)cc1. The van der Waals surface area contributed by atoms with Crippen LogP contribution in [0.15, 0.2) is 97.5 Å². The number of aromatic nitrogens is 6. The highest BCUT2D eigenvalue weighted by Crippen LogP contribution is 2.25. The molecule has 0 bridgehead atoms. The largest absolute Gasteiger partial charge is 0.399 e. The smallest absolute Gasteiger partial charge is 0.244 e. The lowest BCUT2D eigenvalue weighted by Crippen LogP contribution is -2.28. The van der Waals surface area contributed by atoms with Crippen molar-refractivity contribution in [2.24, 2.45) is 0 Å². The number of anilines is 1. The average Bonchev–Trinajstić information content (AvgIpc) is 3.50. The standard InChI is InChI=1S/C29H25ClN8O/c30-24-10-14-28(38-19-33-36-37-38)22(16-24)9-15-29(39)34-26(13-6-20-4-2-1-3-5-20)27-17-23(18-32-35-27)21-7-11-25(31)12-8-21/h1-5,7-12,14-19,26H,6,13,31H2,(H,34,39)/b15-9+/t26-/m0/s1. The van der Waals surface area contributed by atoms with E-state index in [0.717, 1.165) is 17.5 Å². The molecule has 0 radical (unpaired) electrons. The predicted octanol–water partition coefficient (Wildman–Crippen LogP) is 4.86. The summed E-state index contributed by atoms with van der Waals surface area (Å²) in [5, 5.41) is 23.5. The fraction of sp³-hybridized carbons (Fsp3) is 0.103. The molecule has 5 aromatic rings. The zero-order valence-electron chi connectivity index (χ0n) is 20.9. The van der Waals surface area contributed by atoms with Crippen molar-refractivity contribution in [3.8, 4) is 16.8 Å². The number of aryl methyl sites for hydroxylation is 1. The molecule has 0 unspecified atom stereocenters. The van der Waals surface area contributed by atoms with Crippen LogP contribution in [-0.4, -0.2) is 36.3 Å². The van der Waals surface area contributed by atoms with Gasteiger partial charge in [-0.05, 0) is 76.9 Å². The van der Waals surface area contributed by atoms with Crippen LogP contribution in [0.25, 0.3) is 22.9 Å². The minimum atomic E-state index is -0.373. The van der Waals surface area contributed by atoms with Gasteiger partial charge in [0, 0.05) is 27.9 Å². The van der Waals surface area contributed by atoms with Crippen LogP contribution in [0.1, 0.15) is 29.3 Å². The Morgan fingerprint density at radius 3 is 2.59 bits per heavy atom. The van der Waals surface area contributed by atoms with E-state index in [0.29, 0.717) is 34.1 Å². The van der Waals surface area contributed by atoms with Crippen LogP contribution in [0.3, 0.4) is 0 Å². The molecule has 10 heteroatoms. The second-order valence-corrected chi connectivity index (χ2v) is 9.30. The third kappa shape index (κ3) is 6.71. The first-order valence-corrected chi connectivity index (χ1v) is 12.7. The quantitative estimate of drug-likeness (QED) is 0.203. The molecule has 39 heavy (non-hydrogen) atoms. The molecule has 0 fully saturated rings. The number of nitrogens with one attached hydrogen (secondary N) is 1. The lowest BCUT2D eigenvalue weighted by molar-refractivity contribution is -0.117. The second kappa shape index (κ2) is 12.1. The van der Waals surface area contributed by atoms with Gasteiger partial charge < -0.3 is 11.1 Å². The summed E-state index contributed by atoms with van der Waals surface area (Å²) in [5.41, 5.74) is 11.6. The summed E-state index contributed by atoms with van der Waals surface area (Å²) < 4.78 is 1.51. The molecule has 0 aliphatic heterocycles. The van der Waals surface area contributed by atoms with Gasteiger partial charge in [-0.25, -0.2) is 0 Å². The number of hydrogen-bond acceptors (Lipinski definition) is 7. The number of carbonyl (C=O) groups excluding carboxylic acids is 1. The number of halogens is 1. The van der Waals surface area contributed by atoms with Crippen LogP contribution >= 0.6 is 11.6 Å². The average molecular weight is 537 g/mol. The van der Waals surface area contributed by atoms with Gasteiger partial charge >= 0.3 is 0 Å². The highest BCUT2D eigenvalue weighted by Gasteiger charge is 2.17. The highest BCUT2D eigenvalue weighted by molar-refractivity contribution is 6.30. The fourth-order valence-corrected chi connectivity index (χ4v) is 4.34. The minimum Gasteiger partial charge on any atom is -0.399 e. The van der Waals surface area contributed by atoms with Crippen LogP contribution in [0, 0.1) is 0 Å². The number of nitrogens with zero attached hydrogens (tertiary/aromatic N) is 6. The monoisotopic (exact) mass is 536 g/mol. The Morgan fingerprint density at radius 1 is 1.00 bits per heavy atom. The van der Waals surface area contributed by atoms with Crippen molar-refractivity contribution in [1.29, 1.82) is 0 Å². The highest BCUT2D eigenvalue weighted by atomic mass is 35.5. The Morgan fingerprint density at radius 2 is 1.82 bits per heavy atom. The second-order valence-electron chi connectivity index (χ2n) is 8.87. The number of benzene rings is 3. The summed E-state index contributed by atoms with van der Waals surface area (Å²) in [5.74, 6) is -0.282. The molecule has 5 rings (SSSR count). The molecule has 3 aromatic carbocycles. The maximum atomic E-state index is 13.1. The summed E-state index contributed by atoms with van der Waals surface area (Å²) in [7, 11) is 0. The number of nitrogen functional groups attached to an aromatic ring is 1. The topological polar surface area (TPSA) is 125 Å². The molecule has 0 spiro atoms. The van der Waals surface area contributed by atoms with Crippen LogP contribution in [0.5, 0.6) is 0 Å². The number of nitrogens with two attached hydrogens (primary N) is 1. The molecule has 2 heterocycles. The predicted molar refractivity (Wildman–Crippen MR) is 151 cm³/mol. The lowest BCUT2D eigenvalue weighted by atomic mass is 10.00. The molecule has 1 atom stereocenters. The summed E-state index contributed by atoms with van der Waals surface area (Å²) >= 11 is 6.21. The van der Waals surface area contributed by atoms with E-state index in [4.69, 9.17) is 17.3 Å². The molecule has 0 saturated heterocycles. The number of tetrazole rings is 1. The molecule has 2 aromatic heterocycles. The van der Waals surface area contributed by atoms with Gasteiger partial charge in [0.25, 0.3) is 0 Å². The number of hydrogen-bond donors (Lipinski definition) is 2. The Balaban J connectivity index is 1.39. The first-order valence-electron chi connectivity index (χ1n) is 12.3. The molecular formula is C29H25ClN8O. The van der Waals surface area contributed by atoms with E-state index < -0.39 is 0 Å². The lowest BCUT2D eigenvalue weighted by Gasteiger charge is -2.18. The van der Waals surface area contributed by atoms with Gasteiger partial charge in [0.2, 0.25) is 5.91 Å². The van der Waals surface area contributed by atoms with Crippen molar-refractivity contribution < 1.29 is 4.79 Å². The number of amides is 1. The normalized spacial score (nSPS) is 11.9. The summed E-state index contributed by atoms with van der Waals surface area (Å²) in [6.07, 6.45) is 7.71. The third-order valence-electron chi connectivity index (χ3n) is 6.16. The van der Waals surface area contributed by atoms with Crippen LogP contribution in [0.2, 0.25) is 5.02 Å².